The predicted octanol–water partition coefficient (Wildman–Crippen LogP) is 4.13. The van der Waals surface area contributed by atoms with Gasteiger partial charge in [0.15, 0.2) is 16.1 Å². The molecule has 4 heteroatoms. The molecule has 1 aromatic heterocycles. The summed E-state index contributed by atoms with van der Waals surface area (Å²) >= 11 is 3.41. The van der Waals surface area contributed by atoms with Gasteiger partial charge in [-0.15, -0.1) is 0 Å². The van der Waals surface area contributed by atoms with Crippen molar-refractivity contribution in [2.45, 2.75) is 20.5 Å². The smallest absolute Gasteiger partial charge is 0.194 e. The molecule has 19 heavy (non-hydrogen) atoms. The molecule has 0 unspecified atom stereocenters. The van der Waals surface area contributed by atoms with E-state index >= 15 is 0 Å². The Kier molecular flexibility index (Phi) is 4.80. The minimum absolute atomic E-state index is 0.511. The molecule has 0 bridgehead atoms. The third-order valence-electron chi connectivity index (χ3n) is 2.55. The number of halogens is 1. The number of benzene rings is 1. The number of hydrogen-bond acceptors (Lipinski definition) is 3. The van der Waals surface area contributed by atoms with Gasteiger partial charge in [0.05, 0.1) is 6.61 Å². The van der Waals surface area contributed by atoms with Gasteiger partial charge in [0, 0.05) is 11.8 Å². The maximum Gasteiger partial charge on any atom is 0.194 e. The molecule has 0 fully saturated rings. The highest BCUT2D eigenvalue weighted by Crippen LogP contribution is 2.35. The number of rotatable bonds is 5. The predicted molar refractivity (Wildman–Crippen MR) is 78.6 cm³/mol. The Balaban J connectivity index is 2.19. The molecule has 1 aromatic carbocycles. The standard InChI is InChI=1S/C15H16BrNO2/c1-3-18-14-13(9-11(2)17-15(14)16)19-10-12-7-5-4-6-8-12/h4-9H,3,10H2,1-2H3. The number of aromatic nitrogens is 1. The highest BCUT2D eigenvalue weighted by Gasteiger charge is 2.12. The Hall–Kier alpha value is -1.55. The molecule has 0 radical (unpaired) electrons. The first kappa shape index (κ1) is 13.9. The Bertz CT molecular complexity index is 543. The van der Waals surface area contributed by atoms with E-state index in [4.69, 9.17) is 9.47 Å². The normalized spacial score (nSPS) is 10.3. The van der Waals surface area contributed by atoms with Gasteiger partial charge in [-0.2, -0.15) is 0 Å². The van der Waals surface area contributed by atoms with E-state index in [1.807, 2.05) is 50.2 Å². The lowest BCUT2D eigenvalue weighted by atomic mass is 10.2. The summed E-state index contributed by atoms with van der Waals surface area (Å²) in [5.41, 5.74) is 2.01. The van der Waals surface area contributed by atoms with Crippen LogP contribution in [0.3, 0.4) is 0 Å². The average Bonchev–Trinajstić information content (AvgIpc) is 2.41. The summed E-state index contributed by atoms with van der Waals surface area (Å²) in [6.07, 6.45) is 0. The lowest BCUT2D eigenvalue weighted by Gasteiger charge is -2.13. The Labute approximate surface area is 121 Å². The first-order chi connectivity index (χ1) is 9.20. The molecular formula is C15H16BrNO2. The van der Waals surface area contributed by atoms with Gasteiger partial charge < -0.3 is 9.47 Å². The highest BCUT2D eigenvalue weighted by atomic mass is 79.9. The van der Waals surface area contributed by atoms with Crippen molar-refractivity contribution in [3.8, 4) is 11.5 Å². The third kappa shape index (κ3) is 3.70. The average molecular weight is 322 g/mol. The van der Waals surface area contributed by atoms with E-state index in [2.05, 4.69) is 20.9 Å². The monoisotopic (exact) mass is 321 g/mol. The van der Waals surface area contributed by atoms with Crippen LogP contribution in [0.4, 0.5) is 0 Å². The fourth-order valence-electron chi connectivity index (χ4n) is 1.71. The summed E-state index contributed by atoms with van der Waals surface area (Å²) in [6, 6.07) is 11.9. The second-order valence-electron chi connectivity index (χ2n) is 4.09. The van der Waals surface area contributed by atoms with Crippen LogP contribution in [0.1, 0.15) is 18.2 Å². The molecule has 100 valence electrons. The fourth-order valence-corrected chi connectivity index (χ4v) is 2.30. The molecule has 3 nitrogen and oxygen atoms in total. The maximum atomic E-state index is 5.84. The molecule has 2 rings (SSSR count). The number of ether oxygens (including phenoxy) is 2. The summed E-state index contributed by atoms with van der Waals surface area (Å²) in [5.74, 6) is 1.37. The van der Waals surface area contributed by atoms with Crippen molar-refractivity contribution in [3.63, 3.8) is 0 Å². The van der Waals surface area contributed by atoms with Crippen LogP contribution in [0.2, 0.25) is 0 Å². The van der Waals surface area contributed by atoms with Gasteiger partial charge >= 0.3 is 0 Å². The van der Waals surface area contributed by atoms with Crippen molar-refractivity contribution in [2.24, 2.45) is 0 Å². The number of aryl methyl sites for hydroxylation is 1. The van der Waals surface area contributed by atoms with Crippen molar-refractivity contribution < 1.29 is 9.47 Å². The van der Waals surface area contributed by atoms with Crippen LogP contribution >= 0.6 is 15.9 Å². The second-order valence-corrected chi connectivity index (χ2v) is 4.84. The van der Waals surface area contributed by atoms with Crippen LogP contribution in [-0.2, 0) is 6.61 Å². The molecule has 1 heterocycles. The molecule has 0 saturated carbocycles. The summed E-state index contributed by atoms with van der Waals surface area (Å²) < 4.78 is 12.1. The van der Waals surface area contributed by atoms with E-state index < -0.39 is 0 Å². The minimum atomic E-state index is 0.511. The lowest BCUT2D eigenvalue weighted by molar-refractivity contribution is 0.266. The van der Waals surface area contributed by atoms with Gasteiger partial charge in [0.2, 0.25) is 0 Å². The van der Waals surface area contributed by atoms with Crippen molar-refractivity contribution in [1.82, 2.24) is 4.98 Å². The quantitative estimate of drug-likeness (QED) is 0.776. The zero-order valence-electron chi connectivity index (χ0n) is 11.0. The van der Waals surface area contributed by atoms with Crippen LogP contribution < -0.4 is 9.47 Å². The fraction of sp³-hybridized carbons (Fsp3) is 0.267. The van der Waals surface area contributed by atoms with E-state index in [0.717, 1.165) is 11.3 Å². The van der Waals surface area contributed by atoms with Crippen molar-refractivity contribution >= 4 is 15.9 Å². The van der Waals surface area contributed by atoms with Gasteiger partial charge in [-0.25, -0.2) is 4.98 Å². The summed E-state index contributed by atoms with van der Waals surface area (Å²) in [4.78, 5) is 4.32. The first-order valence-electron chi connectivity index (χ1n) is 6.17. The summed E-state index contributed by atoms with van der Waals surface area (Å²) in [7, 11) is 0. The Morgan fingerprint density at radius 3 is 2.58 bits per heavy atom. The van der Waals surface area contributed by atoms with Crippen LogP contribution in [-0.4, -0.2) is 11.6 Å². The highest BCUT2D eigenvalue weighted by molar-refractivity contribution is 9.10. The molecule has 0 saturated heterocycles. The molecule has 2 aromatic rings. The molecule has 0 amide bonds. The molecule has 0 spiro atoms. The van der Waals surface area contributed by atoms with Crippen LogP contribution in [0.5, 0.6) is 11.5 Å². The van der Waals surface area contributed by atoms with Gasteiger partial charge in [-0.3, -0.25) is 0 Å². The zero-order chi connectivity index (χ0) is 13.7. The molecule has 0 atom stereocenters. The minimum Gasteiger partial charge on any atom is -0.487 e. The van der Waals surface area contributed by atoms with E-state index in [1.165, 1.54) is 0 Å². The molecule has 0 aliphatic rings. The lowest BCUT2D eigenvalue weighted by Crippen LogP contribution is -2.02. The zero-order valence-corrected chi connectivity index (χ0v) is 12.6. The van der Waals surface area contributed by atoms with Gasteiger partial charge in [0.25, 0.3) is 0 Å². The third-order valence-corrected chi connectivity index (χ3v) is 3.09. The largest absolute Gasteiger partial charge is 0.487 e. The van der Waals surface area contributed by atoms with Crippen LogP contribution in [0.25, 0.3) is 0 Å². The Morgan fingerprint density at radius 2 is 1.89 bits per heavy atom. The molecule has 0 aliphatic carbocycles. The van der Waals surface area contributed by atoms with Crippen LogP contribution in [0.15, 0.2) is 41.0 Å². The molecular weight excluding hydrogens is 306 g/mol. The number of pyridine rings is 1. The maximum absolute atomic E-state index is 5.84. The topological polar surface area (TPSA) is 31.4 Å². The second kappa shape index (κ2) is 6.57. The van der Waals surface area contributed by atoms with E-state index in [0.29, 0.717) is 29.3 Å². The molecule has 0 aliphatic heterocycles. The summed E-state index contributed by atoms with van der Waals surface area (Å²) in [5, 5.41) is 0. The van der Waals surface area contributed by atoms with E-state index in [1.54, 1.807) is 0 Å². The van der Waals surface area contributed by atoms with Gasteiger partial charge in [-0.05, 0) is 35.3 Å². The summed E-state index contributed by atoms with van der Waals surface area (Å²) in [6.45, 7) is 4.95. The first-order valence-corrected chi connectivity index (χ1v) is 6.96. The van der Waals surface area contributed by atoms with Gasteiger partial charge in [-0.1, -0.05) is 30.3 Å². The number of hydrogen-bond donors (Lipinski definition) is 0. The number of nitrogens with zero attached hydrogens (tertiary/aromatic N) is 1. The van der Waals surface area contributed by atoms with Gasteiger partial charge in [0.1, 0.15) is 6.61 Å². The van der Waals surface area contributed by atoms with Crippen molar-refractivity contribution in [1.29, 1.82) is 0 Å². The molecule has 0 N–H and O–H groups in total. The Morgan fingerprint density at radius 1 is 1.16 bits per heavy atom. The van der Waals surface area contributed by atoms with Crippen molar-refractivity contribution in [2.75, 3.05) is 6.61 Å². The van der Waals surface area contributed by atoms with Crippen LogP contribution in [0, 0.1) is 6.92 Å². The van der Waals surface area contributed by atoms with E-state index in [-0.39, 0.29) is 0 Å². The van der Waals surface area contributed by atoms with Crippen molar-refractivity contribution in [3.05, 3.63) is 52.3 Å². The SMILES string of the molecule is CCOc1c(OCc2ccccc2)cc(C)nc1Br. The van der Waals surface area contributed by atoms with E-state index in [9.17, 15) is 0 Å².